The summed E-state index contributed by atoms with van der Waals surface area (Å²) in [4.78, 5) is 19.2. The molecule has 2 heterocycles. The highest BCUT2D eigenvalue weighted by Gasteiger charge is 2.29. The van der Waals surface area contributed by atoms with Crippen molar-refractivity contribution < 1.29 is 4.79 Å². The van der Waals surface area contributed by atoms with Gasteiger partial charge in [0.1, 0.15) is 0 Å². The van der Waals surface area contributed by atoms with Crippen LogP contribution in [0.3, 0.4) is 0 Å². The first-order valence-corrected chi connectivity index (χ1v) is 9.52. The van der Waals surface area contributed by atoms with Crippen LogP contribution in [0.4, 0.5) is 4.79 Å². The molecule has 0 saturated carbocycles. The Morgan fingerprint density at radius 3 is 2.68 bits per heavy atom. The molecule has 2 aliphatic heterocycles. The van der Waals surface area contributed by atoms with Gasteiger partial charge < -0.3 is 15.1 Å². The number of carbonyl (C=O) groups is 1. The maximum Gasteiger partial charge on any atom is 0.317 e. The topological polar surface area (TPSA) is 38.8 Å². The molecule has 2 amide bonds. The molecule has 1 N–H and O–H groups in total. The van der Waals surface area contributed by atoms with Gasteiger partial charge >= 0.3 is 6.03 Å². The zero-order valence-corrected chi connectivity index (χ0v) is 15.8. The Bertz CT molecular complexity index is 564. The predicted molar refractivity (Wildman–Crippen MR) is 102 cm³/mol. The van der Waals surface area contributed by atoms with Crippen molar-refractivity contribution in [1.82, 2.24) is 20.0 Å². The number of rotatable bonds is 5. The largest absolute Gasteiger partial charge is 0.334 e. The highest BCUT2D eigenvalue weighted by molar-refractivity contribution is 5.74. The van der Waals surface area contributed by atoms with E-state index in [0.717, 1.165) is 39.1 Å². The van der Waals surface area contributed by atoms with Crippen LogP contribution in [-0.4, -0.2) is 73.6 Å². The van der Waals surface area contributed by atoms with Crippen molar-refractivity contribution in [2.75, 3.05) is 46.8 Å². The minimum absolute atomic E-state index is 0.0776. The number of hydrogen-bond donors (Lipinski definition) is 1. The second kappa shape index (κ2) is 8.19. The monoisotopic (exact) mass is 344 g/mol. The van der Waals surface area contributed by atoms with E-state index in [1.807, 2.05) is 11.9 Å². The van der Waals surface area contributed by atoms with Crippen LogP contribution in [0.5, 0.6) is 0 Å². The quantitative estimate of drug-likeness (QED) is 0.892. The van der Waals surface area contributed by atoms with Crippen LogP contribution in [0.1, 0.15) is 31.4 Å². The first kappa shape index (κ1) is 18.2. The second-order valence-electron chi connectivity index (χ2n) is 7.81. The van der Waals surface area contributed by atoms with E-state index in [4.69, 9.17) is 0 Å². The van der Waals surface area contributed by atoms with E-state index in [0.29, 0.717) is 12.0 Å². The van der Waals surface area contributed by atoms with Gasteiger partial charge in [-0.05, 0) is 44.8 Å². The normalized spacial score (nSPS) is 25.9. The third-order valence-electron chi connectivity index (χ3n) is 5.74. The Balaban J connectivity index is 1.45. The first-order chi connectivity index (χ1) is 12.0. The van der Waals surface area contributed by atoms with Gasteiger partial charge in [-0.25, -0.2) is 4.79 Å². The molecule has 0 bridgehead atoms. The van der Waals surface area contributed by atoms with Crippen LogP contribution in [-0.2, 0) is 0 Å². The fourth-order valence-electron chi connectivity index (χ4n) is 4.13. The summed E-state index contributed by atoms with van der Waals surface area (Å²) in [5.74, 6) is 0.610. The van der Waals surface area contributed by atoms with Crippen molar-refractivity contribution in [1.29, 1.82) is 0 Å². The van der Waals surface area contributed by atoms with E-state index in [1.165, 1.54) is 12.0 Å². The summed E-state index contributed by atoms with van der Waals surface area (Å²) >= 11 is 0. The summed E-state index contributed by atoms with van der Waals surface area (Å²) in [7, 11) is 4.08. The number of nitrogens with one attached hydrogen (secondary N) is 1. The average molecular weight is 345 g/mol. The highest BCUT2D eigenvalue weighted by atomic mass is 16.2. The molecule has 0 aromatic heterocycles. The fourth-order valence-corrected chi connectivity index (χ4v) is 4.13. The Hall–Kier alpha value is -1.59. The lowest BCUT2D eigenvalue weighted by Gasteiger charge is -2.26. The molecule has 0 radical (unpaired) electrons. The Labute approximate surface area is 152 Å². The molecule has 2 fully saturated rings. The SMILES string of the molecule is C[C@H](c1ccccc1)N1CC[C@@H](NC(=O)N(C)C[C@H]2CCN(C)C2)C1. The molecule has 3 rings (SSSR count). The summed E-state index contributed by atoms with van der Waals surface area (Å²) in [5, 5.41) is 3.23. The molecule has 1 aromatic carbocycles. The maximum atomic E-state index is 12.5. The zero-order valence-electron chi connectivity index (χ0n) is 15.8. The third-order valence-corrected chi connectivity index (χ3v) is 5.74. The van der Waals surface area contributed by atoms with Gasteiger partial charge in [-0.3, -0.25) is 4.90 Å². The molecule has 138 valence electrons. The molecule has 2 aliphatic rings. The van der Waals surface area contributed by atoms with E-state index in [2.05, 4.69) is 59.4 Å². The van der Waals surface area contributed by atoms with E-state index in [-0.39, 0.29) is 12.1 Å². The number of amides is 2. The summed E-state index contributed by atoms with van der Waals surface area (Å²) < 4.78 is 0. The molecule has 0 aliphatic carbocycles. The van der Waals surface area contributed by atoms with Gasteiger partial charge in [0.25, 0.3) is 0 Å². The lowest BCUT2D eigenvalue weighted by molar-refractivity contribution is 0.194. The van der Waals surface area contributed by atoms with Crippen molar-refractivity contribution in [3.8, 4) is 0 Å². The smallest absolute Gasteiger partial charge is 0.317 e. The van der Waals surface area contributed by atoms with E-state index in [9.17, 15) is 4.79 Å². The highest BCUT2D eigenvalue weighted by Crippen LogP contribution is 2.24. The van der Waals surface area contributed by atoms with Crippen molar-refractivity contribution in [3.05, 3.63) is 35.9 Å². The predicted octanol–water partition coefficient (Wildman–Crippen LogP) is 2.42. The van der Waals surface area contributed by atoms with Crippen molar-refractivity contribution in [2.24, 2.45) is 5.92 Å². The number of benzene rings is 1. The van der Waals surface area contributed by atoms with E-state index in [1.54, 1.807) is 0 Å². The molecule has 5 heteroatoms. The van der Waals surface area contributed by atoms with E-state index < -0.39 is 0 Å². The fraction of sp³-hybridized carbons (Fsp3) is 0.650. The number of hydrogen-bond acceptors (Lipinski definition) is 3. The lowest BCUT2D eigenvalue weighted by Crippen LogP contribution is -2.45. The third kappa shape index (κ3) is 4.73. The average Bonchev–Trinajstić information content (AvgIpc) is 3.24. The lowest BCUT2D eigenvalue weighted by atomic mass is 10.1. The van der Waals surface area contributed by atoms with Crippen LogP contribution in [0.2, 0.25) is 0 Å². The standard InChI is InChI=1S/C20H32N4O/c1-16(18-7-5-4-6-8-18)24-12-10-19(15-24)21-20(25)23(3)14-17-9-11-22(2)13-17/h4-8,16-17,19H,9-15H2,1-3H3,(H,21,25)/t16-,17+,19-/m1/s1. The Kier molecular flexibility index (Phi) is 5.97. The molecular weight excluding hydrogens is 312 g/mol. The molecule has 2 saturated heterocycles. The number of carbonyl (C=O) groups excluding carboxylic acids is 1. The molecule has 0 unspecified atom stereocenters. The molecule has 3 atom stereocenters. The maximum absolute atomic E-state index is 12.5. The Morgan fingerprint density at radius 2 is 2.00 bits per heavy atom. The van der Waals surface area contributed by atoms with Crippen LogP contribution >= 0.6 is 0 Å². The number of nitrogens with zero attached hydrogens (tertiary/aromatic N) is 3. The number of urea groups is 1. The van der Waals surface area contributed by atoms with Crippen molar-refractivity contribution in [3.63, 3.8) is 0 Å². The van der Waals surface area contributed by atoms with Gasteiger partial charge in [0.2, 0.25) is 0 Å². The first-order valence-electron chi connectivity index (χ1n) is 9.52. The van der Waals surface area contributed by atoms with Gasteiger partial charge in [-0.15, -0.1) is 0 Å². The molecule has 5 nitrogen and oxygen atoms in total. The molecular formula is C20H32N4O. The van der Waals surface area contributed by atoms with Crippen LogP contribution in [0.15, 0.2) is 30.3 Å². The molecule has 25 heavy (non-hydrogen) atoms. The summed E-state index contributed by atoms with van der Waals surface area (Å²) in [6.07, 6.45) is 2.23. The van der Waals surface area contributed by atoms with Gasteiger partial charge in [0.15, 0.2) is 0 Å². The van der Waals surface area contributed by atoms with Gasteiger partial charge in [-0.1, -0.05) is 30.3 Å². The van der Waals surface area contributed by atoms with Gasteiger partial charge in [0.05, 0.1) is 0 Å². The summed E-state index contributed by atoms with van der Waals surface area (Å²) in [5.41, 5.74) is 1.34. The van der Waals surface area contributed by atoms with Crippen LogP contribution in [0, 0.1) is 5.92 Å². The van der Waals surface area contributed by atoms with E-state index >= 15 is 0 Å². The number of likely N-dealkylation sites (tertiary alicyclic amines) is 2. The van der Waals surface area contributed by atoms with Crippen LogP contribution < -0.4 is 5.32 Å². The van der Waals surface area contributed by atoms with Crippen LogP contribution in [0.25, 0.3) is 0 Å². The zero-order chi connectivity index (χ0) is 17.8. The summed E-state index contributed by atoms with van der Waals surface area (Å²) in [6, 6.07) is 11.3. The van der Waals surface area contributed by atoms with Crippen molar-refractivity contribution in [2.45, 2.75) is 31.8 Å². The molecule has 0 spiro atoms. The summed E-state index contributed by atoms with van der Waals surface area (Å²) in [6.45, 7) is 7.33. The van der Waals surface area contributed by atoms with Gasteiger partial charge in [0, 0.05) is 45.3 Å². The van der Waals surface area contributed by atoms with Crippen molar-refractivity contribution >= 4 is 6.03 Å². The second-order valence-corrected chi connectivity index (χ2v) is 7.81. The molecule has 1 aromatic rings. The minimum Gasteiger partial charge on any atom is -0.334 e. The Morgan fingerprint density at radius 1 is 1.24 bits per heavy atom. The van der Waals surface area contributed by atoms with Gasteiger partial charge in [-0.2, -0.15) is 0 Å². The minimum atomic E-state index is 0.0776.